The van der Waals surface area contributed by atoms with Crippen molar-refractivity contribution >= 4 is 67.7 Å². The number of phenols is 1. The van der Waals surface area contributed by atoms with Gasteiger partial charge in [0.2, 0.25) is 0 Å². The number of thioether (sulfide) groups is 1. The van der Waals surface area contributed by atoms with Gasteiger partial charge in [0.05, 0.1) is 15.6 Å². The summed E-state index contributed by atoms with van der Waals surface area (Å²) >= 11 is 5.08. The van der Waals surface area contributed by atoms with Crippen LogP contribution in [0.4, 0.5) is 4.39 Å². The van der Waals surface area contributed by atoms with Crippen molar-refractivity contribution in [2.75, 3.05) is 13.1 Å². The van der Waals surface area contributed by atoms with Gasteiger partial charge in [0.25, 0.3) is 5.91 Å². The third kappa shape index (κ3) is 6.79. The lowest BCUT2D eigenvalue weighted by molar-refractivity contribution is 0.0901. The van der Waals surface area contributed by atoms with E-state index in [0.29, 0.717) is 33.8 Å². The number of amides is 1. The Balaban J connectivity index is 0.00000384. The molecule has 0 aliphatic carbocycles. The molecule has 4 aromatic carbocycles. The number of hydrogen-bond acceptors (Lipinski definition) is 4. The molecule has 0 atom stereocenters. The van der Waals surface area contributed by atoms with Gasteiger partial charge >= 0.3 is 0 Å². The summed E-state index contributed by atoms with van der Waals surface area (Å²) in [4.78, 5) is 17.6. The summed E-state index contributed by atoms with van der Waals surface area (Å²) in [5, 5.41) is 17.1. The van der Waals surface area contributed by atoms with E-state index in [0.717, 1.165) is 58.4 Å². The number of benzene rings is 4. The summed E-state index contributed by atoms with van der Waals surface area (Å²) in [6, 6.07) is 25.2. The topological polar surface area (TPSA) is 57.5 Å². The highest BCUT2D eigenvalue weighted by Gasteiger charge is 2.28. The van der Waals surface area contributed by atoms with E-state index in [9.17, 15) is 14.3 Å². The molecule has 44 heavy (non-hydrogen) atoms. The smallest absolute Gasteiger partial charge is 0.253 e. The van der Waals surface area contributed by atoms with Crippen LogP contribution in [0.15, 0.2) is 88.2 Å². The number of nitrogens with one attached hydrogen (secondary N) is 1. The molecule has 230 valence electrons. The number of rotatable bonds is 8. The molecule has 0 unspecified atom stereocenters. The van der Waals surface area contributed by atoms with Gasteiger partial charge in [0.15, 0.2) is 0 Å². The summed E-state index contributed by atoms with van der Waals surface area (Å²) in [5.41, 5.74) is 3.46. The van der Waals surface area contributed by atoms with Crippen LogP contribution in [-0.2, 0) is 12.3 Å². The van der Waals surface area contributed by atoms with Crippen molar-refractivity contribution in [2.24, 2.45) is 0 Å². The van der Waals surface area contributed by atoms with E-state index in [4.69, 9.17) is 0 Å². The van der Waals surface area contributed by atoms with Crippen LogP contribution in [0.5, 0.6) is 5.75 Å². The molecule has 2 N–H and O–H groups in total. The highest BCUT2D eigenvalue weighted by Crippen LogP contribution is 2.38. The first-order valence-electron chi connectivity index (χ1n) is 14.7. The van der Waals surface area contributed by atoms with Crippen molar-refractivity contribution < 1.29 is 14.3 Å². The van der Waals surface area contributed by atoms with Gasteiger partial charge in [0, 0.05) is 53.4 Å². The van der Waals surface area contributed by atoms with Crippen LogP contribution < -0.4 is 5.32 Å². The van der Waals surface area contributed by atoms with Gasteiger partial charge in [-0.05, 0) is 95.4 Å². The normalized spacial score (nSPS) is 14.3. The van der Waals surface area contributed by atoms with Gasteiger partial charge in [0.1, 0.15) is 11.6 Å². The van der Waals surface area contributed by atoms with Gasteiger partial charge in [-0.2, -0.15) is 0 Å². The maximum Gasteiger partial charge on any atom is 0.253 e. The molecule has 0 saturated carbocycles. The molecule has 0 spiro atoms. The first kappa shape index (κ1) is 32.4. The van der Waals surface area contributed by atoms with Crippen molar-refractivity contribution in [3.05, 3.63) is 106 Å². The Morgan fingerprint density at radius 2 is 1.73 bits per heavy atom. The third-order valence-corrected chi connectivity index (χ3v) is 10.1. The molecular weight excluding hydrogens is 661 g/mol. The Labute approximate surface area is 276 Å². The zero-order chi connectivity index (χ0) is 30.1. The molecule has 0 radical (unpaired) electrons. The van der Waals surface area contributed by atoms with E-state index in [2.05, 4.69) is 74.9 Å². The quantitative estimate of drug-likeness (QED) is 0.159. The lowest BCUT2D eigenvalue weighted by atomic mass is 10.0. The molecule has 1 aliphatic heterocycles. The first-order valence-corrected chi connectivity index (χ1v) is 16.5. The number of hydrogen-bond donors (Lipinski definition) is 2. The monoisotopic (exact) mass is 695 g/mol. The summed E-state index contributed by atoms with van der Waals surface area (Å²) in [7, 11) is 0. The number of aromatic hydroxyl groups is 1. The molecule has 6 rings (SSSR count). The minimum atomic E-state index is -0.279. The molecule has 1 saturated heterocycles. The molecule has 1 aliphatic rings. The number of phenolic OH excluding ortho intramolecular Hbond substituents is 1. The number of nitrogens with zero attached hydrogens (tertiary/aromatic N) is 2. The third-order valence-electron chi connectivity index (χ3n) is 8.46. The van der Waals surface area contributed by atoms with Gasteiger partial charge in [-0.1, -0.05) is 42.5 Å². The van der Waals surface area contributed by atoms with E-state index in [1.165, 1.54) is 12.1 Å². The van der Waals surface area contributed by atoms with E-state index in [1.807, 2.05) is 18.2 Å². The van der Waals surface area contributed by atoms with Crippen molar-refractivity contribution in [2.45, 2.75) is 56.0 Å². The first-order chi connectivity index (χ1) is 20.8. The predicted octanol–water partition coefficient (Wildman–Crippen LogP) is 8.77. The molecular formula is C35H36BrClFN3O2S. The standard InChI is InChI=1S/C35H35BrFN3O2S.ClH/c1-22(2)39-16-14-26(15-17-39)38-35(42)34-29-18-33(41)30(36)19-31(29)40(32(34)21-43-27-12-10-25(37)11-13-27)20-24-8-5-7-23-6-3-4-9-28(23)24;/h3-13,18-19,22,26,41H,14-17,20-21H2,1-2H3,(H,38,42);1H. The average molecular weight is 697 g/mol. The average Bonchev–Trinajstić information content (AvgIpc) is 3.29. The van der Waals surface area contributed by atoms with Gasteiger partial charge in [-0.25, -0.2) is 4.39 Å². The SMILES string of the molecule is CC(C)N1CCC(NC(=O)c2c(CSc3ccc(F)cc3)n(Cc3cccc4ccccc34)c3cc(Br)c(O)cc23)CC1.Cl. The van der Waals surface area contributed by atoms with Crippen molar-refractivity contribution in [1.29, 1.82) is 0 Å². The van der Waals surface area contributed by atoms with Crippen LogP contribution >= 0.6 is 40.1 Å². The number of likely N-dealkylation sites (tertiary alicyclic amines) is 1. The van der Waals surface area contributed by atoms with Crippen molar-refractivity contribution in [1.82, 2.24) is 14.8 Å². The van der Waals surface area contributed by atoms with Gasteiger partial charge < -0.3 is 19.9 Å². The number of carbonyl (C=O) groups is 1. The Morgan fingerprint density at radius 3 is 2.45 bits per heavy atom. The molecule has 2 heterocycles. The summed E-state index contributed by atoms with van der Waals surface area (Å²) in [5.74, 6) is 0.184. The van der Waals surface area contributed by atoms with E-state index < -0.39 is 0 Å². The van der Waals surface area contributed by atoms with Crippen molar-refractivity contribution in [3.63, 3.8) is 0 Å². The van der Waals surface area contributed by atoms with E-state index >= 15 is 0 Å². The second kappa shape index (κ2) is 13.9. The summed E-state index contributed by atoms with van der Waals surface area (Å²) in [6.45, 7) is 6.87. The Hall–Kier alpha value is -3.04. The molecule has 1 aromatic heterocycles. The van der Waals surface area contributed by atoms with Crippen LogP contribution in [0.25, 0.3) is 21.7 Å². The number of piperidine rings is 1. The fourth-order valence-electron chi connectivity index (χ4n) is 6.10. The predicted molar refractivity (Wildman–Crippen MR) is 185 cm³/mol. The maximum absolute atomic E-state index is 14.2. The largest absolute Gasteiger partial charge is 0.507 e. The molecule has 0 bridgehead atoms. The highest BCUT2D eigenvalue weighted by molar-refractivity contribution is 9.10. The zero-order valence-corrected chi connectivity index (χ0v) is 27.9. The Kier molecular flexibility index (Phi) is 10.3. The van der Waals surface area contributed by atoms with E-state index in [1.54, 1.807) is 30.0 Å². The minimum Gasteiger partial charge on any atom is -0.507 e. The molecule has 1 amide bonds. The minimum absolute atomic E-state index is 0. The number of carbonyl (C=O) groups excluding carboxylic acids is 1. The fourth-order valence-corrected chi connectivity index (χ4v) is 7.36. The molecule has 1 fully saturated rings. The number of fused-ring (bicyclic) bond motifs is 2. The van der Waals surface area contributed by atoms with Gasteiger partial charge in [-0.15, -0.1) is 24.2 Å². The van der Waals surface area contributed by atoms with Crippen molar-refractivity contribution in [3.8, 4) is 5.75 Å². The lowest BCUT2D eigenvalue weighted by Crippen LogP contribution is -2.46. The summed E-state index contributed by atoms with van der Waals surface area (Å²) < 4.78 is 16.4. The lowest BCUT2D eigenvalue weighted by Gasteiger charge is -2.34. The highest BCUT2D eigenvalue weighted by atomic mass is 79.9. The summed E-state index contributed by atoms with van der Waals surface area (Å²) in [6.07, 6.45) is 1.80. The van der Waals surface area contributed by atoms with Crippen LogP contribution in [0.2, 0.25) is 0 Å². The second-order valence-corrected chi connectivity index (χ2v) is 13.4. The number of halogens is 3. The van der Waals surface area contributed by atoms with Crippen LogP contribution in [-0.4, -0.2) is 45.7 Å². The second-order valence-electron chi connectivity index (χ2n) is 11.5. The van der Waals surface area contributed by atoms with Crippen LogP contribution in [0, 0.1) is 5.82 Å². The number of aromatic nitrogens is 1. The molecule has 5 aromatic rings. The maximum atomic E-state index is 14.2. The molecule has 5 nitrogen and oxygen atoms in total. The van der Waals surface area contributed by atoms with Gasteiger partial charge in [-0.3, -0.25) is 4.79 Å². The van der Waals surface area contributed by atoms with E-state index in [-0.39, 0.29) is 35.9 Å². The Morgan fingerprint density at radius 1 is 1.02 bits per heavy atom. The van der Waals surface area contributed by atoms with Crippen LogP contribution in [0.1, 0.15) is 48.3 Å². The fraction of sp³-hybridized carbons (Fsp3) is 0.286. The zero-order valence-electron chi connectivity index (χ0n) is 24.7. The van der Waals surface area contributed by atoms with Crippen LogP contribution in [0.3, 0.4) is 0 Å². The Bertz CT molecular complexity index is 1780. The molecule has 9 heteroatoms.